The molecule has 3 rings (SSSR count). The molecule has 120 valence electrons. The van der Waals surface area contributed by atoms with Gasteiger partial charge in [-0.05, 0) is 59.0 Å². The first kappa shape index (κ1) is 17.0. The molecule has 0 fully saturated rings. The van der Waals surface area contributed by atoms with Crippen molar-refractivity contribution in [3.8, 4) is 11.5 Å². The number of alkyl halides is 1. The maximum atomic E-state index is 12.0. The largest absolute Gasteiger partial charge is 0.457 e. The van der Waals surface area contributed by atoms with Crippen LogP contribution < -0.4 is 10.1 Å². The van der Waals surface area contributed by atoms with Gasteiger partial charge in [0, 0.05) is 19.2 Å². The standard InChI is InChI=1S/C16H12BrClINO3/c17-9-1-3-13-11(5-9)16(8-21,20-15(22)7-18)12-6-10(19)2-4-14(12)23-13/h1-6,21H,7-8H2,(H,20,22). The van der Waals surface area contributed by atoms with Crippen LogP contribution in [-0.2, 0) is 10.3 Å². The van der Waals surface area contributed by atoms with Gasteiger partial charge < -0.3 is 15.2 Å². The van der Waals surface area contributed by atoms with Crippen molar-refractivity contribution in [2.75, 3.05) is 12.5 Å². The van der Waals surface area contributed by atoms with Gasteiger partial charge in [0.1, 0.15) is 22.9 Å². The molecule has 0 bridgehead atoms. The highest BCUT2D eigenvalue weighted by Gasteiger charge is 2.43. The summed E-state index contributed by atoms with van der Waals surface area (Å²) >= 11 is 11.3. The maximum absolute atomic E-state index is 12.0. The number of ether oxygens (including phenoxy) is 1. The zero-order chi connectivity index (χ0) is 16.6. The normalized spacial score (nSPS) is 18.6. The van der Waals surface area contributed by atoms with Gasteiger partial charge in [-0.2, -0.15) is 0 Å². The van der Waals surface area contributed by atoms with Crippen molar-refractivity contribution >= 4 is 56.0 Å². The number of hydrogen-bond donors (Lipinski definition) is 2. The summed E-state index contributed by atoms with van der Waals surface area (Å²) in [6.45, 7) is -0.310. The first-order chi connectivity index (χ1) is 11.0. The second-order valence-electron chi connectivity index (χ2n) is 5.13. The van der Waals surface area contributed by atoms with E-state index in [-0.39, 0.29) is 18.4 Å². The van der Waals surface area contributed by atoms with Crippen LogP contribution in [0.5, 0.6) is 11.5 Å². The molecule has 1 atom stereocenters. The molecule has 0 saturated carbocycles. The van der Waals surface area contributed by atoms with Gasteiger partial charge in [-0.25, -0.2) is 0 Å². The van der Waals surface area contributed by atoms with Crippen molar-refractivity contribution in [2.45, 2.75) is 5.54 Å². The van der Waals surface area contributed by atoms with Crippen molar-refractivity contribution in [2.24, 2.45) is 0 Å². The van der Waals surface area contributed by atoms with Crippen LogP contribution in [0.1, 0.15) is 11.1 Å². The molecule has 1 amide bonds. The molecule has 1 unspecified atom stereocenters. The molecule has 0 radical (unpaired) electrons. The van der Waals surface area contributed by atoms with E-state index >= 15 is 0 Å². The molecule has 4 nitrogen and oxygen atoms in total. The van der Waals surface area contributed by atoms with Crippen molar-refractivity contribution in [3.63, 3.8) is 0 Å². The van der Waals surface area contributed by atoms with Crippen LogP contribution in [0.25, 0.3) is 0 Å². The first-order valence-corrected chi connectivity index (χ1v) is 9.16. The number of rotatable bonds is 3. The topological polar surface area (TPSA) is 58.6 Å². The van der Waals surface area contributed by atoms with Crippen molar-refractivity contribution in [1.82, 2.24) is 5.32 Å². The van der Waals surface area contributed by atoms with Crippen LogP contribution in [-0.4, -0.2) is 23.5 Å². The third-order valence-electron chi connectivity index (χ3n) is 3.73. The van der Waals surface area contributed by atoms with Crippen LogP contribution in [0, 0.1) is 3.57 Å². The van der Waals surface area contributed by atoms with E-state index < -0.39 is 5.54 Å². The van der Waals surface area contributed by atoms with Gasteiger partial charge in [0.2, 0.25) is 5.91 Å². The monoisotopic (exact) mass is 507 g/mol. The molecule has 2 N–H and O–H groups in total. The minimum absolute atomic E-state index is 0.189. The number of halogens is 3. The fourth-order valence-corrected chi connectivity index (χ4v) is 3.65. The van der Waals surface area contributed by atoms with Gasteiger partial charge in [-0.15, -0.1) is 11.6 Å². The average Bonchev–Trinajstić information content (AvgIpc) is 2.55. The number of hydrogen-bond acceptors (Lipinski definition) is 3. The van der Waals surface area contributed by atoms with Crippen molar-refractivity contribution in [1.29, 1.82) is 0 Å². The molecular weight excluding hydrogens is 496 g/mol. The van der Waals surface area contributed by atoms with Crippen LogP contribution in [0.2, 0.25) is 0 Å². The van der Waals surface area contributed by atoms with Gasteiger partial charge >= 0.3 is 0 Å². The molecule has 0 spiro atoms. The minimum atomic E-state index is -1.10. The van der Waals surface area contributed by atoms with Gasteiger partial charge in [-0.3, -0.25) is 4.79 Å². The Kier molecular flexibility index (Phi) is 4.87. The summed E-state index contributed by atoms with van der Waals surface area (Å²) in [5, 5.41) is 13.1. The van der Waals surface area contributed by atoms with Crippen molar-refractivity contribution in [3.05, 3.63) is 55.6 Å². The van der Waals surface area contributed by atoms with E-state index in [1.165, 1.54) is 0 Å². The van der Waals surface area contributed by atoms with E-state index in [2.05, 4.69) is 43.8 Å². The van der Waals surface area contributed by atoms with E-state index in [0.717, 1.165) is 8.04 Å². The number of benzene rings is 2. The summed E-state index contributed by atoms with van der Waals surface area (Å²) in [5.74, 6) is 0.638. The number of carbonyl (C=O) groups is 1. The van der Waals surface area contributed by atoms with Crippen LogP contribution >= 0.6 is 50.1 Å². The molecule has 1 aliphatic heterocycles. The summed E-state index contributed by atoms with van der Waals surface area (Å²) in [4.78, 5) is 12.0. The lowest BCUT2D eigenvalue weighted by molar-refractivity contribution is -0.120. The molecule has 7 heteroatoms. The highest BCUT2D eigenvalue weighted by molar-refractivity contribution is 14.1. The lowest BCUT2D eigenvalue weighted by Gasteiger charge is -2.39. The van der Waals surface area contributed by atoms with E-state index in [0.29, 0.717) is 22.6 Å². The third-order valence-corrected chi connectivity index (χ3v) is 5.14. The number of aliphatic hydroxyl groups excluding tert-OH is 1. The predicted octanol–water partition coefficient (Wildman–Crippen LogP) is 3.75. The average molecular weight is 509 g/mol. The number of fused-ring (bicyclic) bond motifs is 2. The van der Waals surface area contributed by atoms with E-state index in [1.807, 2.05) is 30.3 Å². The summed E-state index contributed by atoms with van der Waals surface area (Å²) in [6, 6.07) is 11.1. The Morgan fingerprint density at radius 1 is 1.26 bits per heavy atom. The van der Waals surface area contributed by atoms with Crippen molar-refractivity contribution < 1.29 is 14.6 Å². The fraction of sp³-hybridized carbons (Fsp3) is 0.188. The van der Waals surface area contributed by atoms with Crippen LogP contribution in [0.4, 0.5) is 0 Å². The smallest absolute Gasteiger partial charge is 0.235 e. The second kappa shape index (κ2) is 6.58. The van der Waals surface area contributed by atoms with E-state index in [4.69, 9.17) is 16.3 Å². The SMILES string of the molecule is O=C(CCl)NC1(CO)c2cc(Br)ccc2Oc2ccc(I)cc21. The van der Waals surface area contributed by atoms with Gasteiger partial charge in [0.25, 0.3) is 0 Å². The van der Waals surface area contributed by atoms with Gasteiger partial charge in [-0.1, -0.05) is 15.9 Å². The molecule has 0 saturated heterocycles. The number of aliphatic hydroxyl groups is 1. The van der Waals surface area contributed by atoms with Gasteiger partial charge in [0.15, 0.2) is 0 Å². The van der Waals surface area contributed by atoms with Gasteiger partial charge in [0.05, 0.1) is 6.61 Å². The number of nitrogens with one attached hydrogen (secondary N) is 1. The Morgan fingerprint density at radius 3 is 2.57 bits per heavy atom. The Morgan fingerprint density at radius 2 is 1.91 bits per heavy atom. The first-order valence-electron chi connectivity index (χ1n) is 6.76. The van der Waals surface area contributed by atoms with E-state index in [1.54, 1.807) is 6.07 Å². The fourth-order valence-electron chi connectivity index (χ4n) is 2.73. The van der Waals surface area contributed by atoms with Crippen LogP contribution in [0.15, 0.2) is 40.9 Å². The Labute approximate surface area is 160 Å². The molecular formula is C16H12BrClINO3. The predicted molar refractivity (Wildman–Crippen MR) is 100 cm³/mol. The Hall–Kier alpha value is -0.830. The lowest BCUT2D eigenvalue weighted by atomic mass is 9.80. The summed E-state index contributed by atoms with van der Waals surface area (Å²) in [5.41, 5.74) is 0.290. The lowest BCUT2D eigenvalue weighted by Crippen LogP contribution is -2.51. The van der Waals surface area contributed by atoms with Crippen LogP contribution in [0.3, 0.4) is 0 Å². The quantitative estimate of drug-likeness (QED) is 0.491. The molecule has 2 aromatic carbocycles. The Balaban J connectivity index is 2.28. The number of carbonyl (C=O) groups excluding carboxylic acids is 1. The molecule has 1 aliphatic rings. The minimum Gasteiger partial charge on any atom is -0.457 e. The van der Waals surface area contributed by atoms with E-state index in [9.17, 15) is 9.90 Å². The summed E-state index contributed by atoms with van der Waals surface area (Å²) < 4.78 is 7.74. The summed E-state index contributed by atoms with van der Waals surface area (Å²) in [7, 11) is 0. The molecule has 0 aliphatic carbocycles. The molecule has 1 heterocycles. The zero-order valence-electron chi connectivity index (χ0n) is 11.8. The molecule has 0 aromatic heterocycles. The number of amides is 1. The highest BCUT2D eigenvalue weighted by atomic mass is 127. The zero-order valence-corrected chi connectivity index (χ0v) is 16.3. The molecule has 2 aromatic rings. The highest BCUT2D eigenvalue weighted by Crippen LogP contribution is 2.47. The molecule has 23 heavy (non-hydrogen) atoms. The Bertz CT molecular complexity index is 732. The second-order valence-corrected chi connectivity index (χ2v) is 7.56. The maximum Gasteiger partial charge on any atom is 0.235 e. The third kappa shape index (κ3) is 2.97. The summed E-state index contributed by atoms with van der Waals surface area (Å²) in [6.07, 6.45) is 0.